The third-order valence-electron chi connectivity index (χ3n) is 3.75. The van der Waals surface area contributed by atoms with Crippen LogP contribution in [0.5, 0.6) is 5.75 Å². The van der Waals surface area contributed by atoms with E-state index in [4.69, 9.17) is 10.5 Å². The topological polar surface area (TPSA) is 64.3 Å². The predicted molar refractivity (Wildman–Crippen MR) is 93.7 cm³/mol. The van der Waals surface area contributed by atoms with Gasteiger partial charge in [0.1, 0.15) is 5.75 Å². The van der Waals surface area contributed by atoms with E-state index in [-0.39, 0.29) is 12.3 Å². The van der Waals surface area contributed by atoms with E-state index >= 15 is 0 Å². The summed E-state index contributed by atoms with van der Waals surface area (Å²) in [7, 11) is 0. The largest absolute Gasteiger partial charge is 0.491 e. The molecule has 0 spiro atoms. The van der Waals surface area contributed by atoms with Gasteiger partial charge in [-0.15, -0.1) is 0 Å². The van der Waals surface area contributed by atoms with Crippen molar-refractivity contribution in [2.75, 3.05) is 18.5 Å². The zero-order valence-corrected chi connectivity index (χ0v) is 13.5. The molecule has 0 radical (unpaired) electrons. The number of para-hydroxylation sites is 2. The van der Waals surface area contributed by atoms with Crippen LogP contribution < -0.4 is 15.8 Å². The van der Waals surface area contributed by atoms with Crippen molar-refractivity contribution >= 4 is 11.6 Å². The van der Waals surface area contributed by atoms with Crippen LogP contribution >= 0.6 is 0 Å². The van der Waals surface area contributed by atoms with Crippen molar-refractivity contribution in [1.82, 2.24) is 0 Å². The molecule has 1 atom stereocenters. The second-order valence-corrected chi connectivity index (χ2v) is 5.59. The van der Waals surface area contributed by atoms with Crippen molar-refractivity contribution in [3.8, 4) is 5.75 Å². The number of rotatable bonds is 9. The number of benzene rings is 2. The van der Waals surface area contributed by atoms with Gasteiger partial charge in [-0.1, -0.05) is 49.4 Å². The number of primary amides is 1. The van der Waals surface area contributed by atoms with E-state index in [1.165, 1.54) is 5.56 Å². The molecule has 0 saturated carbocycles. The van der Waals surface area contributed by atoms with Crippen LogP contribution in [-0.2, 0) is 4.79 Å². The molecule has 0 aliphatic heterocycles. The highest BCUT2D eigenvalue weighted by atomic mass is 16.5. The summed E-state index contributed by atoms with van der Waals surface area (Å²) in [4.78, 5) is 10.8. The minimum atomic E-state index is -0.355. The Balaban J connectivity index is 1.84. The van der Waals surface area contributed by atoms with Crippen molar-refractivity contribution in [1.29, 1.82) is 0 Å². The lowest BCUT2D eigenvalue weighted by atomic mass is 9.98. The van der Waals surface area contributed by atoms with Crippen molar-refractivity contribution in [3.05, 3.63) is 60.2 Å². The molecule has 122 valence electrons. The Morgan fingerprint density at radius 2 is 1.83 bits per heavy atom. The van der Waals surface area contributed by atoms with E-state index in [1.54, 1.807) is 0 Å². The van der Waals surface area contributed by atoms with Crippen LogP contribution in [-0.4, -0.2) is 19.1 Å². The van der Waals surface area contributed by atoms with Gasteiger partial charge in [0, 0.05) is 6.54 Å². The fourth-order valence-electron chi connectivity index (χ4n) is 2.37. The van der Waals surface area contributed by atoms with Gasteiger partial charge in [0.05, 0.1) is 18.7 Å². The van der Waals surface area contributed by atoms with Gasteiger partial charge in [0.2, 0.25) is 5.91 Å². The van der Waals surface area contributed by atoms with Gasteiger partial charge in [0.15, 0.2) is 0 Å². The van der Waals surface area contributed by atoms with E-state index in [1.807, 2.05) is 30.3 Å². The van der Waals surface area contributed by atoms with E-state index in [0.717, 1.165) is 24.4 Å². The Morgan fingerprint density at radius 3 is 2.57 bits per heavy atom. The molecule has 0 aliphatic rings. The number of nitrogens with two attached hydrogens (primary N) is 1. The maximum absolute atomic E-state index is 10.8. The van der Waals surface area contributed by atoms with Crippen LogP contribution in [0.15, 0.2) is 54.6 Å². The maximum Gasteiger partial charge on any atom is 0.220 e. The zero-order valence-electron chi connectivity index (χ0n) is 13.5. The molecule has 0 saturated heterocycles. The molecular formula is C19H24N2O2. The smallest absolute Gasteiger partial charge is 0.220 e. The average Bonchev–Trinajstić information content (AvgIpc) is 2.56. The summed E-state index contributed by atoms with van der Waals surface area (Å²) in [6, 6.07) is 18.2. The highest BCUT2D eigenvalue weighted by molar-refractivity contribution is 5.73. The standard InChI is InChI=1S/C19H24N2O2/c1-15(16-7-3-2-4-8-16)11-13-21-17-9-5-6-10-18(17)23-14-12-19(20)22/h2-10,15,21H,11-14H2,1H3,(H2,20,22). The summed E-state index contributed by atoms with van der Waals surface area (Å²) in [5, 5.41) is 3.41. The van der Waals surface area contributed by atoms with Crippen LogP contribution in [0.4, 0.5) is 5.69 Å². The molecule has 2 aromatic rings. The van der Waals surface area contributed by atoms with Crippen molar-refractivity contribution in [3.63, 3.8) is 0 Å². The number of carbonyl (C=O) groups excluding carboxylic acids is 1. The van der Waals surface area contributed by atoms with Crippen LogP contribution in [0.1, 0.15) is 31.2 Å². The number of anilines is 1. The molecule has 3 N–H and O–H groups in total. The molecule has 4 nitrogen and oxygen atoms in total. The summed E-state index contributed by atoms with van der Waals surface area (Å²) in [6.45, 7) is 3.38. The lowest BCUT2D eigenvalue weighted by Crippen LogP contribution is -2.15. The monoisotopic (exact) mass is 312 g/mol. The minimum Gasteiger partial charge on any atom is -0.491 e. The number of amides is 1. The summed E-state index contributed by atoms with van der Waals surface area (Å²) < 4.78 is 5.63. The maximum atomic E-state index is 10.8. The molecule has 0 bridgehead atoms. The lowest BCUT2D eigenvalue weighted by Gasteiger charge is -2.15. The Labute approximate surface area is 137 Å². The zero-order chi connectivity index (χ0) is 16.5. The Morgan fingerprint density at radius 1 is 1.13 bits per heavy atom. The Bertz CT molecular complexity index is 614. The van der Waals surface area contributed by atoms with Crippen LogP contribution in [0, 0.1) is 0 Å². The Kier molecular flexibility index (Phi) is 6.48. The summed E-state index contributed by atoms with van der Waals surface area (Å²) in [5.74, 6) is 0.889. The molecule has 4 heteroatoms. The fourth-order valence-corrected chi connectivity index (χ4v) is 2.37. The third kappa shape index (κ3) is 5.66. The van der Waals surface area contributed by atoms with Gasteiger partial charge in [0.25, 0.3) is 0 Å². The highest BCUT2D eigenvalue weighted by Crippen LogP contribution is 2.25. The van der Waals surface area contributed by atoms with E-state index in [2.05, 4.69) is 36.5 Å². The SMILES string of the molecule is CC(CCNc1ccccc1OCCC(N)=O)c1ccccc1. The third-order valence-corrected chi connectivity index (χ3v) is 3.75. The average molecular weight is 312 g/mol. The summed E-state index contributed by atoms with van der Waals surface area (Å²) in [5.41, 5.74) is 7.42. The van der Waals surface area contributed by atoms with Gasteiger partial charge in [-0.25, -0.2) is 0 Å². The van der Waals surface area contributed by atoms with Crippen LogP contribution in [0.2, 0.25) is 0 Å². The van der Waals surface area contributed by atoms with Gasteiger partial charge in [-0.3, -0.25) is 4.79 Å². The number of hydrogen-bond donors (Lipinski definition) is 2. The summed E-state index contributed by atoms with van der Waals surface area (Å²) in [6.07, 6.45) is 1.25. The van der Waals surface area contributed by atoms with Crippen LogP contribution in [0.3, 0.4) is 0 Å². The van der Waals surface area contributed by atoms with Gasteiger partial charge in [-0.05, 0) is 30.0 Å². The molecule has 0 heterocycles. The number of ether oxygens (including phenoxy) is 1. The van der Waals surface area contributed by atoms with Crippen LogP contribution in [0.25, 0.3) is 0 Å². The first-order valence-corrected chi connectivity index (χ1v) is 7.96. The van der Waals surface area contributed by atoms with Crippen molar-refractivity contribution in [2.24, 2.45) is 5.73 Å². The van der Waals surface area contributed by atoms with Gasteiger partial charge >= 0.3 is 0 Å². The van der Waals surface area contributed by atoms with E-state index in [9.17, 15) is 4.79 Å². The van der Waals surface area contributed by atoms with E-state index in [0.29, 0.717) is 12.5 Å². The molecular weight excluding hydrogens is 288 g/mol. The van der Waals surface area contributed by atoms with Gasteiger partial charge in [-0.2, -0.15) is 0 Å². The van der Waals surface area contributed by atoms with Crippen molar-refractivity contribution < 1.29 is 9.53 Å². The number of nitrogens with one attached hydrogen (secondary N) is 1. The molecule has 23 heavy (non-hydrogen) atoms. The van der Waals surface area contributed by atoms with E-state index < -0.39 is 0 Å². The van der Waals surface area contributed by atoms with Crippen molar-refractivity contribution in [2.45, 2.75) is 25.7 Å². The molecule has 0 fully saturated rings. The molecule has 0 aromatic heterocycles. The first kappa shape index (κ1) is 16.9. The Hall–Kier alpha value is -2.49. The number of hydrogen-bond acceptors (Lipinski definition) is 3. The lowest BCUT2D eigenvalue weighted by molar-refractivity contribution is -0.118. The number of carbonyl (C=O) groups is 1. The first-order valence-electron chi connectivity index (χ1n) is 7.96. The molecule has 1 amide bonds. The molecule has 2 aromatic carbocycles. The quantitative estimate of drug-likeness (QED) is 0.744. The molecule has 0 aliphatic carbocycles. The fraction of sp³-hybridized carbons (Fsp3) is 0.316. The summed E-state index contributed by atoms with van der Waals surface area (Å²) >= 11 is 0. The first-order chi connectivity index (χ1) is 11.2. The van der Waals surface area contributed by atoms with Gasteiger partial charge < -0.3 is 15.8 Å². The minimum absolute atomic E-state index is 0.222. The second-order valence-electron chi connectivity index (χ2n) is 5.59. The highest BCUT2D eigenvalue weighted by Gasteiger charge is 2.07. The molecule has 2 rings (SSSR count). The normalized spacial score (nSPS) is 11.7. The predicted octanol–water partition coefficient (Wildman–Crippen LogP) is 3.55. The molecule has 1 unspecified atom stereocenters. The second kappa shape index (κ2) is 8.83.